The smallest absolute Gasteiger partial charge is 0.265 e. The van der Waals surface area contributed by atoms with Gasteiger partial charge in [-0.3, -0.25) is 14.6 Å². The quantitative estimate of drug-likeness (QED) is 0.554. The second-order valence-electron chi connectivity index (χ2n) is 6.06. The Labute approximate surface area is 155 Å². The Kier molecular flexibility index (Phi) is 4.49. The summed E-state index contributed by atoms with van der Waals surface area (Å²) in [5, 5.41) is 0.389. The van der Waals surface area contributed by atoms with Crippen LogP contribution in [0.1, 0.15) is 15.9 Å². The molecule has 0 aliphatic carbocycles. The molecular weight excluding hydrogens is 340 g/mol. The van der Waals surface area contributed by atoms with Gasteiger partial charge in [-0.2, -0.15) is 0 Å². The highest BCUT2D eigenvalue weighted by Gasteiger charge is 2.22. The Morgan fingerprint density at radius 3 is 2.41 bits per heavy atom. The van der Waals surface area contributed by atoms with Gasteiger partial charge < -0.3 is 9.32 Å². The minimum absolute atomic E-state index is 0.00612. The number of carbonyl (C=O) groups is 1. The molecule has 0 atom stereocenters. The van der Waals surface area contributed by atoms with Crippen molar-refractivity contribution in [2.24, 2.45) is 0 Å². The van der Waals surface area contributed by atoms with Gasteiger partial charge in [0, 0.05) is 18.1 Å². The van der Waals surface area contributed by atoms with Crippen LogP contribution >= 0.6 is 0 Å². The zero-order valence-electron chi connectivity index (χ0n) is 14.4. The highest BCUT2D eigenvalue weighted by atomic mass is 16.3. The molecule has 4 aromatic rings. The van der Waals surface area contributed by atoms with E-state index >= 15 is 0 Å². The van der Waals surface area contributed by atoms with Crippen molar-refractivity contribution in [3.63, 3.8) is 0 Å². The molecule has 2 aromatic heterocycles. The van der Waals surface area contributed by atoms with Gasteiger partial charge in [-0.05, 0) is 42.0 Å². The standard InChI is InChI=1S/C22H16N2O3/c25-21-18-8-4-5-9-20(18)27-15-19(21)22(26)24(17-6-2-1-3-7-17)14-16-10-12-23-13-11-16/h1-13,15H,14H2. The molecule has 2 heterocycles. The van der Waals surface area contributed by atoms with Gasteiger partial charge in [-0.25, -0.2) is 0 Å². The van der Waals surface area contributed by atoms with E-state index in [1.807, 2.05) is 42.5 Å². The third-order valence-corrected chi connectivity index (χ3v) is 4.31. The number of hydrogen-bond donors (Lipinski definition) is 0. The van der Waals surface area contributed by atoms with E-state index < -0.39 is 5.91 Å². The average Bonchev–Trinajstić information content (AvgIpc) is 2.73. The van der Waals surface area contributed by atoms with Gasteiger partial charge in [-0.1, -0.05) is 30.3 Å². The molecule has 4 rings (SSSR count). The summed E-state index contributed by atoms with van der Waals surface area (Å²) in [6, 6.07) is 19.8. The van der Waals surface area contributed by atoms with Crippen LogP contribution in [0.3, 0.4) is 0 Å². The largest absolute Gasteiger partial charge is 0.463 e. The maximum atomic E-state index is 13.3. The van der Waals surface area contributed by atoms with Crippen molar-refractivity contribution in [1.29, 1.82) is 0 Å². The lowest BCUT2D eigenvalue weighted by Crippen LogP contribution is -2.33. The Bertz CT molecular complexity index is 1140. The SMILES string of the molecule is O=C(c1coc2ccccc2c1=O)N(Cc1ccncc1)c1ccccc1. The van der Waals surface area contributed by atoms with Gasteiger partial charge in [0.05, 0.1) is 11.9 Å². The van der Waals surface area contributed by atoms with Crippen LogP contribution in [0.25, 0.3) is 11.0 Å². The number of rotatable bonds is 4. The molecule has 0 aliphatic heterocycles. The Hall–Kier alpha value is -3.73. The fourth-order valence-corrected chi connectivity index (χ4v) is 2.93. The second kappa shape index (κ2) is 7.25. The first-order chi connectivity index (χ1) is 13.2. The van der Waals surface area contributed by atoms with Gasteiger partial charge in [0.25, 0.3) is 5.91 Å². The summed E-state index contributed by atoms with van der Waals surface area (Å²) >= 11 is 0. The predicted octanol–water partition coefficient (Wildman–Crippen LogP) is 4.04. The summed E-state index contributed by atoms with van der Waals surface area (Å²) in [5.41, 5.74) is 1.74. The van der Waals surface area contributed by atoms with Crippen LogP contribution in [0.15, 0.2) is 94.6 Å². The normalized spacial score (nSPS) is 10.7. The second-order valence-corrected chi connectivity index (χ2v) is 6.06. The van der Waals surface area contributed by atoms with E-state index in [0.717, 1.165) is 5.56 Å². The van der Waals surface area contributed by atoms with Gasteiger partial charge in [0.1, 0.15) is 17.4 Å². The Morgan fingerprint density at radius 1 is 0.926 bits per heavy atom. The summed E-state index contributed by atoms with van der Waals surface area (Å²) < 4.78 is 5.52. The zero-order chi connectivity index (χ0) is 18.6. The van der Waals surface area contributed by atoms with Crippen molar-refractivity contribution in [2.45, 2.75) is 6.54 Å². The van der Waals surface area contributed by atoms with Crippen LogP contribution in [0, 0.1) is 0 Å². The summed E-state index contributed by atoms with van der Waals surface area (Å²) in [7, 11) is 0. The molecule has 0 aliphatic rings. The van der Waals surface area contributed by atoms with E-state index in [9.17, 15) is 9.59 Å². The molecule has 0 bridgehead atoms. The van der Waals surface area contributed by atoms with Crippen molar-refractivity contribution < 1.29 is 9.21 Å². The van der Waals surface area contributed by atoms with E-state index in [1.54, 1.807) is 41.6 Å². The fraction of sp³-hybridized carbons (Fsp3) is 0.0455. The summed E-state index contributed by atoms with van der Waals surface area (Å²) in [6.45, 7) is 0.317. The molecule has 27 heavy (non-hydrogen) atoms. The lowest BCUT2D eigenvalue weighted by Gasteiger charge is -2.22. The van der Waals surface area contributed by atoms with Crippen LogP contribution < -0.4 is 10.3 Å². The molecule has 1 amide bonds. The molecule has 0 radical (unpaired) electrons. The topological polar surface area (TPSA) is 63.4 Å². The third-order valence-electron chi connectivity index (χ3n) is 4.31. The number of anilines is 1. The number of benzene rings is 2. The first kappa shape index (κ1) is 16.7. The van der Waals surface area contributed by atoms with E-state index in [1.165, 1.54) is 6.26 Å². The number of nitrogens with zero attached hydrogens (tertiary/aromatic N) is 2. The lowest BCUT2D eigenvalue weighted by atomic mass is 10.1. The molecule has 5 nitrogen and oxygen atoms in total. The number of fused-ring (bicyclic) bond motifs is 1. The molecule has 0 saturated heterocycles. The Balaban J connectivity index is 1.79. The first-order valence-electron chi connectivity index (χ1n) is 8.50. The predicted molar refractivity (Wildman–Crippen MR) is 104 cm³/mol. The summed E-state index contributed by atoms with van der Waals surface area (Å²) in [5.74, 6) is -0.405. The molecule has 0 spiro atoms. The van der Waals surface area contributed by atoms with Gasteiger partial charge >= 0.3 is 0 Å². The van der Waals surface area contributed by atoms with Gasteiger partial charge in [0.2, 0.25) is 5.43 Å². The van der Waals surface area contributed by atoms with E-state index in [2.05, 4.69) is 4.98 Å². The molecule has 2 aromatic carbocycles. The maximum absolute atomic E-state index is 13.3. The minimum atomic E-state index is -0.405. The fourth-order valence-electron chi connectivity index (χ4n) is 2.93. The van der Waals surface area contributed by atoms with Gasteiger partial charge in [0.15, 0.2) is 0 Å². The lowest BCUT2D eigenvalue weighted by molar-refractivity contribution is 0.0982. The van der Waals surface area contributed by atoms with Crippen LogP contribution in [0.5, 0.6) is 0 Å². The van der Waals surface area contributed by atoms with Gasteiger partial charge in [-0.15, -0.1) is 0 Å². The summed E-state index contributed by atoms with van der Waals surface area (Å²) in [4.78, 5) is 31.7. The number of amides is 1. The molecule has 132 valence electrons. The maximum Gasteiger partial charge on any atom is 0.265 e. The Morgan fingerprint density at radius 2 is 1.63 bits per heavy atom. The molecule has 0 saturated carbocycles. The van der Waals surface area contributed by atoms with Crippen LogP contribution in [0.4, 0.5) is 5.69 Å². The number of aromatic nitrogens is 1. The average molecular weight is 356 g/mol. The molecule has 0 unspecified atom stereocenters. The number of para-hydroxylation sites is 2. The van der Waals surface area contributed by atoms with E-state index in [0.29, 0.717) is 23.2 Å². The number of hydrogen-bond acceptors (Lipinski definition) is 4. The highest BCUT2D eigenvalue weighted by molar-refractivity contribution is 6.07. The van der Waals surface area contributed by atoms with Crippen molar-refractivity contribution in [2.75, 3.05) is 4.90 Å². The van der Waals surface area contributed by atoms with E-state index in [-0.39, 0.29) is 11.0 Å². The number of pyridine rings is 1. The molecule has 0 N–H and O–H groups in total. The monoisotopic (exact) mass is 356 g/mol. The van der Waals surface area contributed by atoms with Crippen molar-refractivity contribution in [1.82, 2.24) is 4.98 Å². The molecule has 0 fully saturated rings. The third kappa shape index (κ3) is 3.35. The van der Waals surface area contributed by atoms with Crippen molar-refractivity contribution in [3.8, 4) is 0 Å². The van der Waals surface area contributed by atoms with Crippen molar-refractivity contribution in [3.05, 3.63) is 107 Å². The highest BCUT2D eigenvalue weighted by Crippen LogP contribution is 2.20. The number of carbonyl (C=O) groups excluding carboxylic acids is 1. The molecule has 5 heteroatoms. The van der Waals surface area contributed by atoms with E-state index in [4.69, 9.17) is 4.42 Å². The minimum Gasteiger partial charge on any atom is -0.463 e. The zero-order valence-corrected chi connectivity index (χ0v) is 14.4. The summed E-state index contributed by atoms with van der Waals surface area (Å²) in [6.07, 6.45) is 4.59. The molecular formula is C22H16N2O3. The van der Waals surface area contributed by atoms with Crippen LogP contribution in [0.2, 0.25) is 0 Å². The van der Waals surface area contributed by atoms with Crippen molar-refractivity contribution >= 4 is 22.6 Å². The first-order valence-corrected chi connectivity index (χ1v) is 8.50. The van der Waals surface area contributed by atoms with Crippen LogP contribution in [-0.4, -0.2) is 10.9 Å². The van der Waals surface area contributed by atoms with Crippen LogP contribution in [-0.2, 0) is 6.54 Å².